The Labute approximate surface area is 94.8 Å². The summed E-state index contributed by atoms with van der Waals surface area (Å²) < 4.78 is 4.92. The third-order valence-corrected chi connectivity index (χ3v) is 2.35. The van der Waals surface area contributed by atoms with Gasteiger partial charge in [0.05, 0.1) is 6.61 Å². The van der Waals surface area contributed by atoms with Gasteiger partial charge in [0.15, 0.2) is 0 Å². The number of hydrogen-bond donors (Lipinski definition) is 2. The van der Waals surface area contributed by atoms with Crippen molar-refractivity contribution in [2.45, 2.75) is 19.9 Å². The molecule has 0 saturated carbocycles. The summed E-state index contributed by atoms with van der Waals surface area (Å²) in [6.45, 7) is 4.03. The van der Waals surface area contributed by atoms with Gasteiger partial charge in [-0.25, -0.2) is 4.79 Å². The summed E-state index contributed by atoms with van der Waals surface area (Å²) in [6, 6.07) is 1.87. The molecule has 1 aliphatic heterocycles. The van der Waals surface area contributed by atoms with Gasteiger partial charge in [0.2, 0.25) is 0 Å². The largest absolute Gasteiger partial charge is 0.461 e. The van der Waals surface area contributed by atoms with Crippen molar-refractivity contribution in [2.75, 3.05) is 13.2 Å². The van der Waals surface area contributed by atoms with Crippen molar-refractivity contribution in [1.82, 2.24) is 10.3 Å². The first-order valence-corrected chi connectivity index (χ1v) is 4.90. The lowest BCUT2D eigenvalue weighted by atomic mass is 10.1. The number of H-pyrrole nitrogens is 1. The molecule has 0 amide bonds. The number of ether oxygens (including phenoxy) is 1. The van der Waals surface area contributed by atoms with Crippen LogP contribution in [-0.2, 0) is 17.7 Å². The quantitative estimate of drug-likeness (QED) is 0.753. The van der Waals surface area contributed by atoms with Crippen LogP contribution in [0.5, 0.6) is 0 Å². The molecule has 15 heavy (non-hydrogen) atoms. The fourth-order valence-corrected chi connectivity index (χ4v) is 1.68. The van der Waals surface area contributed by atoms with Gasteiger partial charge in [-0.2, -0.15) is 0 Å². The lowest BCUT2D eigenvalue weighted by Crippen LogP contribution is -2.22. The van der Waals surface area contributed by atoms with Crippen LogP contribution in [0.2, 0.25) is 0 Å². The van der Waals surface area contributed by atoms with Gasteiger partial charge in [0.1, 0.15) is 5.69 Å². The van der Waals surface area contributed by atoms with Crippen molar-refractivity contribution in [1.29, 1.82) is 0 Å². The summed E-state index contributed by atoms with van der Waals surface area (Å²) in [5.41, 5.74) is 2.91. The molecule has 0 unspecified atom stereocenters. The van der Waals surface area contributed by atoms with Crippen molar-refractivity contribution < 1.29 is 9.53 Å². The number of hydrogen-bond acceptors (Lipinski definition) is 3. The fourth-order valence-electron chi connectivity index (χ4n) is 1.68. The van der Waals surface area contributed by atoms with Crippen LogP contribution in [0.15, 0.2) is 6.07 Å². The Balaban J connectivity index is 0.00000112. The molecule has 1 aromatic heterocycles. The van der Waals surface area contributed by atoms with Crippen molar-refractivity contribution in [3.05, 3.63) is 23.0 Å². The number of nitrogens with one attached hydrogen (secondary N) is 2. The molecule has 1 aromatic rings. The number of aromatic nitrogens is 1. The Bertz CT molecular complexity index is 326. The maximum absolute atomic E-state index is 11.4. The van der Waals surface area contributed by atoms with Crippen molar-refractivity contribution in [2.24, 2.45) is 0 Å². The molecule has 0 saturated heterocycles. The highest BCUT2D eigenvalue weighted by Crippen LogP contribution is 2.15. The van der Waals surface area contributed by atoms with Crippen LogP contribution >= 0.6 is 12.4 Å². The van der Waals surface area contributed by atoms with E-state index in [2.05, 4.69) is 10.3 Å². The summed E-state index contributed by atoms with van der Waals surface area (Å²) in [4.78, 5) is 14.5. The zero-order valence-electron chi connectivity index (χ0n) is 8.63. The highest BCUT2D eigenvalue weighted by Gasteiger charge is 2.16. The van der Waals surface area contributed by atoms with E-state index < -0.39 is 0 Å². The number of carbonyl (C=O) groups excluding carboxylic acids is 1. The Hall–Kier alpha value is -1.00. The summed E-state index contributed by atoms with van der Waals surface area (Å²) in [5, 5.41) is 3.25. The molecule has 84 valence electrons. The summed E-state index contributed by atoms with van der Waals surface area (Å²) >= 11 is 0. The maximum Gasteiger partial charge on any atom is 0.354 e. The topological polar surface area (TPSA) is 54.1 Å². The molecule has 0 bridgehead atoms. The first kappa shape index (κ1) is 12.1. The number of rotatable bonds is 2. The molecule has 0 spiro atoms. The molecule has 2 N–H and O–H groups in total. The Morgan fingerprint density at radius 2 is 2.40 bits per heavy atom. The molecular weight excluding hydrogens is 216 g/mol. The van der Waals surface area contributed by atoms with E-state index in [0.29, 0.717) is 12.3 Å². The van der Waals surface area contributed by atoms with Crippen LogP contribution < -0.4 is 5.32 Å². The number of fused-ring (bicyclic) bond motifs is 1. The zero-order valence-corrected chi connectivity index (χ0v) is 9.45. The highest BCUT2D eigenvalue weighted by atomic mass is 35.5. The third-order valence-electron chi connectivity index (χ3n) is 2.35. The lowest BCUT2D eigenvalue weighted by molar-refractivity contribution is 0.0520. The molecule has 2 heterocycles. The van der Waals surface area contributed by atoms with Gasteiger partial charge in [0.25, 0.3) is 0 Å². The Morgan fingerprint density at radius 1 is 1.60 bits per heavy atom. The van der Waals surface area contributed by atoms with Gasteiger partial charge in [0, 0.05) is 25.2 Å². The second kappa shape index (κ2) is 5.19. The first-order valence-electron chi connectivity index (χ1n) is 4.90. The van der Waals surface area contributed by atoms with Crippen molar-refractivity contribution in [3.8, 4) is 0 Å². The second-order valence-corrected chi connectivity index (χ2v) is 3.33. The van der Waals surface area contributed by atoms with Crippen molar-refractivity contribution >= 4 is 18.4 Å². The smallest absolute Gasteiger partial charge is 0.354 e. The summed E-state index contributed by atoms with van der Waals surface area (Å²) in [5.74, 6) is -0.262. The van der Waals surface area contributed by atoms with Gasteiger partial charge in [-0.05, 0) is 18.6 Å². The normalized spacial score (nSPS) is 13.9. The van der Waals surface area contributed by atoms with E-state index in [1.165, 1.54) is 5.56 Å². The van der Waals surface area contributed by atoms with E-state index in [-0.39, 0.29) is 18.4 Å². The average Bonchev–Trinajstić information content (AvgIpc) is 2.61. The van der Waals surface area contributed by atoms with Gasteiger partial charge in [-0.1, -0.05) is 0 Å². The Morgan fingerprint density at radius 3 is 3.07 bits per heavy atom. The average molecular weight is 231 g/mol. The summed E-state index contributed by atoms with van der Waals surface area (Å²) in [6.07, 6.45) is 0.953. The minimum absolute atomic E-state index is 0. The van der Waals surface area contributed by atoms with Gasteiger partial charge < -0.3 is 15.0 Å². The minimum Gasteiger partial charge on any atom is -0.461 e. The predicted molar refractivity (Wildman–Crippen MR) is 59.4 cm³/mol. The van der Waals surface area contributed by atoms with E-state index in [4.69, 9.17) is 4.74 Å². The third kappa shape index (κ3) is 2.52. The summed E-state index contributed by atoms with van der Waals surface area (Å²) in [7, 11) is 0. The minimum atomic E-state index is -0.262. The number of carbonyl (C=O) groups is 1. The van der Waals surface area contributed by atoms with Gasteiger partial charge in [-0.3, -0.25) is 0 Å². The first-order chi connectivity index (χ1) is 6.81. The highest BCUT2D eigenvalue weighted by molar-refractivity contribution is 5.87. The molecule has 0 aromatic carbocycles. The number of halogens is 1. The number of esters is 1. The zero-order chi connectivity index (χ0) is 9.97. The molecule has 0 fully saturated rings. The van der Waals surface area contributed by atoms with E-state index in [0.717, 1.165) is 25.2 Å². The lowest BCUT2D eigenvalue weighted by Gasteiger charge is -2.11. The molecule has 0 atom stereocenters. The molecule has 5 heteroatoms. The van der Waals surface area contributed by atoms with E-state index in [1.807, 2.05) is 13.0 Å². The molecule has 0 aliphatic carbocycles. The maximum atomic E-state index is 11.4. The van der Waals surface area contributed by atoms with Gasteiger partial charge in [-0.15, -0.1) is 12.4 Å². The van der Waals surface area contributed by atoms with Crippen molar-refractivity contribution in [3.63, 3.8) is 0 Å². The van der Waals surface area contributed by atoms with Crippen LogP contribution in [0.3, 0.4) is 0 Å². The van der Waals surface area contributed by atoms with Crippen LogP contribution in [0.4, 0.5) is 0 Å². The predicted octanol–water partition coefficient (Wildman–Crippen LogP) is 1.26. The number of aromatic amines is 1. The second-order valence-electron chi connectivity index (χ2n) is 3.33. The van der Waals surface area contributed by atoms with Crippen LogP contribution in [0, 0.1) is 0 Å². The van der Waals surface area contributed by atoms with Gasteiger partial charge >= 0.3 is 5.97 Å². The SMILES string of the molecule is CCOC(=O)c1cc2c([nH]1)CCNC2.Cl. The van der Waals surface area contributed by atoms with E-state index >= 15 is 0 Å². The molecule has 2 rings (SSSR count). The van der Waals surface area contributed by atoms with Crippen LogP contribution in [0.25, 0.3) is 0 Å². The molecule has 1 aliphatic rings. The van der Waals surface area contributed by atoms with Crippen LogP contribution in [0.1, 0.15) is 28.7 Å². The molecule has 0 radical (unpaired) electrons. The monoisotopic (exact) mass is 230 g/mol. The van der Waals surface area contributed by atoms with Crippen LogP contribution in [-0.4, -0.2) is 24.1 Å². The molecule has 4 nitrogen and oxygen atoms in total. The van der Waals surface area contributed by atoms with E-state index in [9.17, 15) is 4.79 Å². The molecular formula is C10H15ClN2O2. The fraction of sp³-hybridized carbons (Fsp3) is 0.500. The standard InChI is InChI=1S/C10H14N2O2.ClH/c1-2-14-10(13)9-5-7-6-11-4-3-8(7)12-9;/h5,11-12H,2-4,6H2,1H3;1H. The van der Waals surface area contributed by atoms with E-state index in [1.54, 1.807) is 0 Å². The Kier molecular flexibility index (Phi) is 4.17.